The van der Waals surface area contributed by atoms with Gasteiger partial charge >= 0.3 is 0 Å². The van der Waals surface area contributed by atoms with E-state index in [0.717, 1.165) is 18.4 Å². The Kier molecular flexibility index (Phi) is 7.73. The van der Waals surface area contributed by atoms with Crippen molar-refractivity contribution in [3.05, 3.63) is 48.0 Å². The molecule has 0 radical (unpaired) electrons. The van der Waals surface area contributed by atoms with E-state index in [1.165, 1.54) is 51.4 Å². The molecule has 1 fully saturated rings. The Morgan fingerprint density at radius 1 is 1.14 bits per heavy atom. The zero-order chi connectivity index (χ0) is 15.6. The number of unbranched alkanes of at least 4 members (excludes halogenated alkanes) is 2. The maximum absolute atomic E-state index is 5.63. The quantitative estimate of drug-likeness (QED) is 0.408. The van der Waals surface area contributed by atoms with Crippen molar-refractivity contribution in [2.75, 3.05) is 13.2 Å². The lowest BCUT2D eigenvalue weighted by molar-refractivity contribution is 0.102. The SMILES string of the molecule is C=CCOCC1CCC(c2ccccc2CCCCC)CC1. The van der Waals surface area contributed by atoms with Gasteiger partial charge in [-0.3, -0.25) is 0 Å². The molecule has 1 saturated carbocycles. The van der Waals surface area contributed by atoms with Crippen LogP contribution in [-0.2, 0) is 11.2 Å². The van der Waals surface area contributed by atoms with Gasteiger partial charge in [0.05, 0.1) is 6.61 Å². The summed E-state index contributed by atoms with van der Waals surface area (Å²) in [5.74, 6) is 1.52. The number of aryl methyl sites for hydroxylation is 1. The lowest BCUT2D eigenvalue weighted by Gasteiger charge is -2.30. The third-order valence-electron chi connectivity index (χ3n) is 4.98. The van der Waals surface area contributed by atoms with Crippen LogP contribution in [0.2, 0.25) is 0 Å². The van der Waals surface area contributed by atoms with E-state index in [-0.39, 0.29) is 0 Å². The monoisotopic (exact) mass is 300 g/mol. The van der Waals surface area contributed by atoms with E-state index in [4.69, 9.17) is 4.74 Å². The fourth-order valence-electron chi connectivity index (χ4n) is 3.68. The zero-order valence-corrected chi connectivity index (χ0v) is 14.2. The molecule has 0 spiro atoms. The molecule has 0 heterocycles. The summed E-state index contributed by atoms with van der Waals surface area (Å²) < 4.78 is 5.63. The number of benzene rings is 1. The Balaban J connectivity index is 1.86. The molecule has 0 atom stereocenters. The van der Waals surface area contributed by atoms with Gasteiger partial charge in [0.15, 0.2) is 0 Å². The van der Waals surface area contributed by atoms with Crippen LogP contribution >= 0.6 is 0 Å². The second kappa shape index (κ2) is 9.84. The molecule has 1 aliphatic rings. The van der Waals surface area contributed by atoms with E-state index in [1.807, 2.05) is 6.08 Å². The molecule has 2 rings (SSSR count). The minimum Gasteiger partial charge on any atom is -0.377 e. The summed E-state index contributed by atoms with van der Waals surface area (Å²) in [5.41, 5.74) is 3.23. The second-order valence-corrected chi connectivity index (χ2v) is 6.70. The van der Waals surface area contributed by atoms with Crippen LogP contribution in [0.25, 0.3) is 0 Å². The number of ether oxygens (including phenoxy) is 1. The van der Waals surface area contributed by atoms with Crippen LogP contribution in [0, 0.1) is 5.92 Å². The Hall–Kier alpha value is -1.08. The Morgan fingerprint density at radius 3 is 2.64 bits per heavy atom. The molecule has 0 unspecified atom stereocenters. The van der Waals surface area contributed by atoms with Crippen LogP contribution in [0.5, 0.6) is 0 Å². The van der Waals surface area contributed by atoms with Gasteiger partial charge < -0.3 is 4.74 Å². The molecule has 0 aromatic heterocycles. The predicted octanol–water partition coefficient (Wildman–Crippen LogP) is 5.90. The summed E-state index contributed by atoms with van der Waals surface area (Å²) in [6, 6.07) is 9.15. The highest BCUT2D eigenvalue weighted by Crippen LogP contribution is 2.37. The van der Waals surface area contributed by atoms with Crippen molar-refractivity contribution < 1.29 is 4.74 Å². The molecule has 0 aliphatic heterocycles. The molecule has 22 heavy (non-hydrogen) atoms. The van der Waals surface area contributed by atoms with Crippen LogP contribution in [-0.4, -0.2) is 13.2 Å². The number of hydrogen-bond acceptors (Lipinski definition) is 1. The first kappa shape index (κ1) is 17.3. The first-order valence-corrected chi connectivity index (χ1v) is 9.11. The Morgan fingerprint density at radius 2 is 1.91 bits per heavy atom. The predicted molar refractivity (Wildman–Crippen MR) is 95.4 cm³/mol. The standard InChI is InChI=1S/C21H32O/c1-3-5-6-9-19-10-7-8-11-21(19)20-14-12-18(13-15-20)17-22-16-4-2/h4,7-8,10-11,18,20H,2-3,5-6,9,12-17H2,1H3. The average Bonchev–Trinajstić information content (AvgIpc) is 2.57. The van der Waals surface area contributed by atoms with Crippen molar-refractivity contribution in [3.63, 3.8) is 0 Å². The molecule has 0 saturated heterocycles. The van der Waals surface area contributed by atoms with Gasteiger partial charge in [-0.25, -0.2) is 0 Å². The molecular formula is C21H32O. The van der Waals surface area contributed by atoms with Gasteiger partial charge in [0.2, 0.25) is 0 Å². The van der Waals surface area contributed by atoms with Crippen molar-refractivity contribution in [1.29, 1.82) is 0 Å². The van der Waals surface area contributed by atoms with E-state index in [9.17, 15) is 0 Å². The minimum absolute atomic E-state index is 0.695. The average molecular weight is 300 g/mol. The molecule has 1 nitrogen and oxygen atoms in total. The van der Waals surface area contributed by atoms with Gasteiger partial charge in [0.1, 0.15) is 0 Å². The molecule has 0 amide bonds. The molecule has 1 aliphatic carbocycles. The molecule has 1 aromatic carbocycles. The topological polar surface area (TPSA) is 9.23 Å². The summed E-state index contributed by atoms with van der Waals surface area (Å²) in [6.45, 7) is 7.60. The first-order valence-electron chi connectivity index (χ1n) is 9.11. The lowest BCUT2D eigenvalue weighted by atomic mass is 9.77. The molecule has 1 aromatic rings. The minimum atomic E-state index is 0.695. The lowest BCUT2D eigenvalue weighted by Crippen LogP contribution is -2.18. The van der Waals surface area contributed by atoms with Crippen molar-refractivity contribution in [3.8, 4) is 0 Å². The van der Waals surface area contributed by atoms with Crippen LogP contribution in [0.3, 0.4) is 0 Å². The molecule has 0 N–H and O–H groups in total. The third kappa shape index (κ3) is 5.28. The van der Waals surface area contributed by atoms with Crippen LogP contribution in [0.1, 0.15) is 68.9 Å². The van der Waals surface area contributed by atoms with E-state index in [2.05, 4.69) is 37.8 Å². The summed E-state index contributed by atoms with van der Waals surface area (Å²) >= 11 is 0. The van der Waals surface area contributed by atoms with Gasteiger partial charge in [0.25, 0.3) is 0 Å². The van der Waals surface area contributed by atoms with Crippen LogP contribution < -0.4 is 0 Å². The molecule has 0 bridgehead atoms. The highest BCUT2D eigenvalue weighted by molar-refractivity contribution is 5.31. The van der Waals surface area contributed by atoms with Crippen molar-refractivity contribution in [2.45, 2.75) is 64.2 Å². The van der Waals surface area contributed by atoms with Gasteiger partial charge in [-0.1, -0.05) is 50.1 Å². The van der Waals surface area contributed by atoms with Crippen LogP contribution in [0.15, 0.2) is 36.9 Å². The first-order chi connectivity index (χ1) is 10.8. The van der Waals surface area contributed by atoms with Crippen molar-refractivity contribution >= 4 is 0 Å². The van der Waals surface area contributed by atoms with Crippen LogP contribution in [0.4, 0.5) is 0 Å². The maximum Gasteiger partial charge on any atom is 0.0644 e. The van der Waals surface area contributed by atoms with Gasteiger partial charge in [-0.15, -0.1) is 6.58 Å². The fraction of sp³-hybridized carbons (Fsp3) is 0.619. The van der Waals surface area contributed by atoms with Gasteiger partial charge in [-0.05, 0) is 61.5 Å². The van der Waals surface area contributed by atoms with Crippen molar-refractivity contribution in [1.82, 2.24) is 0 Å². The van der Waals surface area contributed by atoms with E-state index in [0.29, 0.717) is 6.61 Å². The fourth-order valence-corrected chi connectivity index (χ4v) is 3.68. The van der Waals surface area contributed by atoms with Gasteiger partial charge in [-0.2, -0.15) is 0 Å². The Labute approximate surface area is 136 Å². The highest BCUT2D eigenvalue weighted by Gasteiger charge is 2.23. The summed E-state index contributed by atoms with van der Waals surface area (Å²) in [5, 5.41) is 0. The molecular weight excluding hydrogens is 268 g/mol. The second-order valence-electron chi connectivity index (χ2n) is 6.70. The van der Waals surface area contributed by atoms with E-state index in [1.54, 1.807) is 11.1 Å². The summed E-state index contributed by atoms with van der Waals surface area (Å²) in [7, 11) is 0. The summed E-state index contributed by atoms with van der Waals surface area (Å²) in [6.07, 6.45) is 12.4. The molecule has 1 heteroatoms. The highest BCUT2D eigenvalue weighted by atomic mass is 16.5. The van der Waals surface area contributed by atoms with E-state index >= 15 is 0 Å². The molecule has 122 valence electrons. The largest absolute Gasteiger partial charge is 0.377 e. The van der Waals surface area contributed by atoms with E-state index < -0.39 is 0 Å². The number of hydrogen-bond donors (Lipinski definition) is 0. The zero-order valence-electron chi connectivity index (χ0n) is 14.2. The smallest absolute Gasteiger partial charge is 0.0644 e. The number of rotatable bonds is 9. The summed E-state index contributed by atoms with van der Waals surface area (Å²) in [4.78, 5) is 0. The van der Waals surface area contributed by atoms with Gasteiger partial charge in [0, 0.05) is 6.61 Å². The normalized spacial score (nSPS) is 21.7. The maximum atomic E-state index is 5.63. The Bertz CT molecular complexity index is 429. The third-order valence-corrected chi connectivity index (χ3v) is 4.98. The van der Waals surface area contributed by atoms with Crippen molar-refractivity contribution in [2.24, 2.45) is 5.92 Å².